The quantitative estimate of drug-likeness (QED) is 0.364. The molecule has 2 atom stereocenters. The molecule has 0 N–H and O–H groups in total. The van der Waals surface area contributed by atoms with Gasteiger partial charge in [0.25, 0.3) is 0 Å². The van der Waals surface area contributed by atoms with Crippen molar-refractivity contribution in [1.29, 1.82) is 0 Å². The van der Waals surface area contributed by atoms with Crippen LogP contribution in [0.3, 0.4) is 0 Å². The van der Waals surface area contributed by atoms with Crippen LogP contribution >= 0.6 is 0 Å². The molecule has 0 spiro atoms. The zero-order chi connectivity index (χ0) is 27.1. The average molecular weight is 533 g/mol. The Morgan fingerprint density at radius 1 is 1.15 bits per heavy atom. The van der Waals surface area contributed by atoms with E-state index in [1.165, 1.54) is 0 Å². The Labute approximate surface area is 224 Å². The molecule has 202 valence electrons. The van der Waals surface area contributed by atoms with Crippen molar-refractivity contribution in [1.82, 2.24) is 24.4 Å². The highest BCUT2D eigenvalue weighted by Crippen LogP contribution is 2.35. The van der Waals surface area contributed by atoms with E-state index in [0.717, 1.165) is 49.1 Å². The Balaban J connectivity index is 1.40. The van der Waals surface area contributed by atoms with Gasteiger partial charge in [0.05, 0.1) is 23.1 Å². The number of aryl methyl sites for hydroxylation is 1. The molecule has 1 saturated heterocycles. The van der Waals surface area contributed by atoms with Crippen molar-refractivity contribution >= 4 is 16.7 Å². The summed E-state index contributed by atoms with van der Waals surface area (Å²) in [5.41, 5.74) is 2.56. The van der Waals surface area contributed by atoms with Crippen molar-refractivity contribution in [3.8, 4) is 5.75 Å². The lowest BCUT2D eigenvalue weighted by Gasteiger charge is -2.40. The van der Waals surface area contributed by atoms with Gasteiger partial charge in [-0.25, -0.2) is 9.37 Å². The lowest BCUT2D eigenvalue weighted by atomic mass is 10.0. The molecule has 5 heterocycles. The first-order chi connectivity index (χ1) is 18.9. The summed E-state index contributed by atoms with van der Waals surface area (Å²) < 4.78 is 36.5. The first-order valence-electron chi connectivity index (χ1n) is 13.2. The second-order valence-electron chi connectivity index (χ2n) is 10.5. The van der Waals surface area contributed by atoms with Gasteiger partial charge in [0.1, 0.15) is 12.4 Å². The number of halogens is 2. The number of benzene rings is 1. The van der Waals surface area contributed by atoms with Crippen molar-refractivity contribution in [3.05, 3.63) is 87.9 Å². The topological polar surface area (TPSA) is 76.4 Å². The Kier molecular flexibility index (Phi) is 6.72. The van der Waals surface area contributed by atoms with Crippen LogP contribution in [0.4, 0.5) is 14.6 Å². The molecule has 1 aromatic carbocycles. The van der Waals surface area contributed by atoms with E-state index < -0.39 is 11.6 Å². The van der Waals surface area contributed by atoms with Crippen LogP contribution in [0.25, 0.3) is 10.9 Å². The number of pyridine rings is 2. The maximum atomic E-state index is 14.6. The van der Waals surface area contributed by atoms with Gasteiger partial charge in [-0.05, 0) is 50.5 Å². The maximum Gasteiger partial charge on any atom is 0.202 e. The van der Waals surface area contributed by atoms with Crippen molar-refractivity contribution in [2.45, 2.75) is 51.9 Å². The Hall–Kier alpha value is -3.92. The zero-order valence-electron chi connectivity index (χ0n) is 22.0. The summed E-state index contributed by atoms with van der Waals surface area (Å²) in [4.78, 5) is 31.3. The Morgan fingerprint density at radius 3 is 2.82 bits per heavy atom. The first kappa shape index (κ1) is 25.4. The van der Waals surface area contributed by atoms with Crippen LogP contribution in [0.5, 0.6) is 5.75 Å². The second-order valence-corrected chi connectivity index (χ2v) is 10.5. The van der Waals surface area contributed by atoms with E-state index in [9.17, 15) is 13.6 Å². The van der Waals surface area contributed by atoms with Crippen molar-refractivity contribution in [2.75, 3.05) is 24.6 Å². The van der Waals surface area contributed by atoms with Gasteiger partial charge in [0.2, 0.25) is 5.82 Å². The largest absolute Gasteiger partial charge is 0.486 e. The third kappa shape index (κ3) is 4.85. The fourth-order valence-corrected chi connectivity index (χ4v) is 5.75. The van der Waals surface area contributed by atoms with Crippen LogP contribution in [-0.4, -0.2) is 50.2 Å². The van der Waals surface area contributed by atoms with Gasteiger partial charge in [-0.15, -0.1) is 0 Å². The van der Waals surface area contributed by atoms with Gasteiger partial charge in [0.15, 0.2) is 17.0 Å². The smallest absolute Gasteiger partial charge is 0.202 e. The molecule has 0 radical (unpaired) electrons. The summed E-state index contributed by atoms with van der Waals surface area (Å²) in [5.74, 6) is -1.50. The van der Waals surface area contributed by atoms with Gasteiger partial charge in [0, 0.05) is 68.3 Å². The number of hydrogen-bond acceptors (Lipinski definition) is 7. The standard InChI is InChI=1S/C29H30F2N6O2/c1-18-10-20(5-6-33-18)13-36(22-4-3-9-35(16-22)25-12-32-7-8-34-25)14-21-15-37-19(2)17-39-29-26(31)24(30)11-23(27(29)37)28(21)38/h5-8,10-12,15,19,22H,3-4,9,13-14,16-17H2,1-2H3/t19-,22-/m0/s1. The highest BCUT2D eigenvalue weighted by atomic mass is 19.2. The average Bonchev–Trinajstić information content (AvgIpc) is 2.95. The van der Waals surface area contributed by atoms with Crippen LogP contribution < -0.4 is 15.1 Å². The molecular formula is C29H30F2N6O2. The molecule has 2 aliphatic rings. The number of rotatable bonds is 6. The predicted octanol–water partition coefficient (Wildman–Crippen LogP) is 4.40. The molecule has 0 bridgehead atoms. The van der Waals surface area contributed by atoms with E-state index in [4.69, 9.17) is 4.74 Å². The molecule has 4 aromatic rings. The van der Waals surface area contributed by atoms with Crippen molar-refractivity contribution in [2.24, 2.45) is 0 Å². The minimum Gasteiger partial charge on any atom is -0.486 e. The van der Waals surface area contributed by atoms with Gasteiger partial charge in [-0.3, -0.25) is 19.7 Å². The van der Waals surface area contributed by atoms with Gasteiger partial charge >= 0.3 is 0 Å². The van der Waals surface area contributed by atoms with E-state index in [2.05, 4.69) is 30.8 Å². The van der Waals surface area contributed by atoms with Crippen LogP contribution in [0.2, 0.25) is 0 Å². The highest BCUT2D eigenvalue weighted by molar-refractivity contribution is 5.86. The van der Waals surface area contributed by atoms with E-state index in [0.29, 0.717) is 24.2 Å². The minimum atomic E-state index is -1.08. The molecule has 6 rings (SSSR count). The van der Waals surface area contributed by atoms with Crippen LogP contribution in [0.1, 0.15) is 42.6 Å². The van der Waals surface area contributed by atoms with Crippen LogP contribution in [0, 0.1) is 18.6 Å². The van der Waals surface area contributed by atoms with Crippen LogP contribution in [-0.2, 0) is 13.1 Å². The normalized spacial score (nSPS) is 18.9. The van der Waals surface area contributed by atoms with E-state index in [-0.39, 0.29) is 35.3 Å². The zero-order valence-corrected chi connectivity index (χ0v) is 22.0. The lowest BCUT2D eigenvalue weighted by molar-refractivity contribution is 0.157. The summed E-state index contributed by atoms with van der Waals surface area (Å²) in [5, 5.41) is 0.137. The molecule has 1 fully saturated rings. The van der Waals surface area contributed by atoms with Gasteiger partial charge in [-0.1, -0.05) is 0 Å². The molecule has 0 aliphatic carbocycles. The lowest BCUT2D eigenvalue weighted by Crippen LogP contribution is -2.48. The molecule has 3 aromatic heterocycles. The third-order valence-electron chi connectivity index (χ3n) is 7.69. The summed E-state index contributed by atoms with van der Waals surface area (Å²) in [6.07, 6.45) is 10.6. The number of piperidine rings is 1. The van der Waals surface area contributed by atoms with Crippen LogP contribution in [0.15, 0.2) is 54.0 Å². The second kappa shape index (κ2) is 10.3. The fraction of sp³-hybridized carbons (Fsp3) is 0.379. The Morgan fingerprint density at radius 2 is 2.03 bits per heavy atom. The van der Waals surface area contributed by atoms with Gasteiger partial charge in [-0.2, -0.15) is 4.39 Å². The minimum absolute atomic E-state index is 0.131. The SMILES string of the molecule is Cc1cc(CN(Cc2cn3c4c(c(F)c(F)cc4c2=O)OC[C@@H]3C)[C@H]2CCCN(c3cnccn3)C2)ccn1. The number of nitrogens with zero attached hydrogens (tertiary/aromatic N) is 6. The molecule has 10 heteroatoms. The number of hydrogen-bond donors (Lipinski definition) is 0. The highest BCUT2D eigenvalue weighted by Gasteiger charge is 2.30. The third-order valence-corrected chi connectivity index (χ3v) is 7.69. The van der Waals surface area contributed by atoms with Gasteiger partial charge < -0.3 is 14.2 Å². The van der Waals surface area contributed by atoms with Crippen molar-refractivity contribution < 1.29 is 13.5 Å². The molecule has 8 nitrogen and oxygen atoms in total. The van der Waals surface area contributed by atoms with E-state index in [1.54, 1.807) is 31.0 Å². The summed E-state index contributed by atoms with van der Waals surface area (Å²) in [7, 11) is 0. The summed E-state index contributed by atoms with van der Waals surface area (Å²) in [6.45, 7) is 6.68. The fourth-order valence-electron chi connectivity index (χ4n) is 5.75. The molecule has 0 amide bonds. The molecule has 2 aliphatic heterocycles. The van der Waals surface area contributed by atoms with Crippen molar-refractivity contribution in [3.63, 3.8) is 0 Å². The predicted molar refractivity (Wildman–Crippen MR) is 144 cm³/mol. The molecule has 0 unspecified atom stereocenters. The summed E-state index contributed by atoms with van der Waals surface area (Å²) in [6, 6.07) is 5.04. The first-order valence-corrected chi connectivity index (χ1v) is 13.2. The monoisotopic (exact) mass is 532 g/mol. The number of ether oxygens (including phenoxy) is 1. The Bertz CT molecular complexity index is 1580. The molecular weight excluding hydrogens is 502 g/mol. The maximum absolute atomic E-state index is 14.6. The van der Waals surface area contributed by atoms with E-state index >= 15 is 0 Å². The van der Waals surface area contributed by atoms with E-state index in [1.807, 2.05) is 24.5 Å². The molecule has 39 heavy (non-hydrogen) atoms. The number of anilines is 1. The number of aromatic nitrogens is 4. The summed E-state index contributed by atoms with van der Waals surface area (Å²) >= 11 is 0. The molecule has 0 saturated carbocycles.